The van der Waals surface area contributed by atoms with E-state index in [9.17, 15) is 5.11 Å². The van der Waals surface area contributed by atoms with E-state index in [1.807, 2.05) is 25.1 Å². The van der Waals surface area contributed by atoms with Gasteiger partial charge in [0.25, 0.3) is 0 Å². The molecule has 0 bridgehead atoms. The zero-order chi connectivity index (χ0) is 12.8. The van der Waals surface area contributed by atoms with Gasteiger partial charge >= 0.3 is 0 Å². The average molecular weight is 250 g/mol. The van der Waals surface area contributed by atoms with Crippen LogP contribution in [0.4, 0.5) is 0 Å². The van der Waals surface area contributed by atoms with Gasteiger partial charge in [-0.05, 0) is 25.1 Å². The quantitative estimate of drug-likeness (QED) is 0.828. The Morgan fingerprint density at radius 2 is 2.28 bits per heavy atom. The molecule has 4 heteroatoms. The number of benzene rings is 1. The molecule has 0 aromatic heterocycles. The summed E-state index contributed by atoms with van der Waals surface area (Å²) in [6.45, 7) is 2.70. The minimum Gasteiger partial charge on any atom is -0.497 e. The van der Waals surface area contributed by atoms with Crippen molar-refractivity contribution >= 4 is 0 Å². The number of aliphatic hydroxyl groups is 1. The maximum atomic E-state index is 10.3. The van der Waals surface area contributed by atoms with Gasteiger partial charge in [0.1, 0.15) is 17.1 Å². The SMILES string of the molecule is COc1ccc2c(c1)C(O)CC1(CCOC1C)O2. The smallest absolute Gasteiger partial charge is 0.140 e. The van der Waals surface area contributed by atoms with Gasteiger partial charge in [0.15, 0.2) is 0 Å². The Morgan fingerprint density at radius 1 is 1.44 bits per heavy atom. The molecule has 0 aliphatic carbocycles. The van der Waals surface area contributed by atoms with Crippen molar-refractivity contribution in [2.24, 2.45) is 0 Å². The van der Waals surface area contributed by atoms with Crippen LogP contribution in [-0.2, 0) is 4.74 Å². The second kappa shape index (κ2) is 4.14. The van der Waals surface area contributed by atoms with Crippen molar-refractivity contribution in [1.82, 2.24) is 0 Å². The minimum atomic E-state index is -0.520. The first kappa shape index (κ1) is 11.8. The summed E-state index contributed by atoms with van der Waals surface area (Å²) in [7, 11) is 1.62. The first-order chi connectivity index (χ1) is 8.64. The molecule has 2 heterocycles. The largest absolute Gasteiger partial charge is 0.497 e. The van der Waals surface area contributed by atoms with Crippen LogP contribution in [0.15, 0.2) is 18.2 Å². The molecule has 1 fully saturated rings. The van der Waals surface area contributed by atoms with E-state index >= 15 is 0 Å². The fourth-order valence-corrected chi connectivity index (χ4v) is 2.87. The second-order valence-electron chi connectivity index (χ2n) is 5.05. The normalized spacial score (nSPS) is 34.2. The highest BCUT2D eigenvalue weighted by molar-refractivity contribution is 5.44. The third kappa shape index (κ3) is 1.68. The molecule has 0 amide bonds. The van der Waals surface area contributed by atoms with Gasteiger partial charge in [-0.3, -0.25) is 0 Å². The first-order valence-electron chi connectivity index (χ1n) is 6.31. The Bertz CT molecular complexity index is 459. The fraction of sp³-hybridized carbons (Fsp3) is 0.571. The van der Waals surface area contributed by atoms with E-state index in [0.717, 1.165) is 23.5 Å². The third-order valence-electron chi connectivity index (χ3n) is 4.06. The zero-order valence-corrected chi connectivity index (χ0v) is 10.7. The highest BCUT2D eigenvalue weighted by Crippen LogP contribution is 2.46. The van der Waals surface area contributed by atoms with E-state index in [1.54, 1.807) is 7.11 Å². The molecular weight excluding hydrogens is 232 g/mol. The number of hydrogen-bond donors (Lipinski definition) is 1. The maximum absolute atomic E-state index is 10.3. The van der Waals surface area contributed by atoms with Crippen LogP contribution in [0.2, 0.25) is 0 Å². The molecule has 1 aromatic carbocycles. The second-order valence-corrected chi connectivity index (χ2v) is 5.05. The Labute approximate surface area is 106 Å². The number of hydrogen-bond acceptors (Lipinski definition) is 4. The van der Waals surface area contributed by atoms with Crippen molar-refractivity contribution in [1.29, 1.82) is 0 Å². The van der Waals surface area contributed by atoms with Crippen molar-refractivity contribution in [2.45, 2.75) is 37.6 Å². The van der Waals surface area contributed by atoms with Crippen molar-refractivity contribution in [3.8, 4) is 11.5 Å². The van der Waals surface area contributed by atoms with Crippen LogP contribution in [-0.4, -0.2) is 30.5 Å². The summed E-state index contributed by atoms with van der Waals surface area (Å²) in [5.41, 5.74) is 0.431. The summed E-state index contributed by atoms with van der Waals surface area (Å²) in [6, 6.07) is 5.56. The molecule has 1 saturated heterocycles. The van der Waals surface area contributed by atoms with Gasteiger partial charge in [-0.25, -0.2) is 0 Å². The molecule has 3 unspecified atom stereocenters. The number of rotatable bonds is 1. The molecule has 2 aliphatic rings. The molecule has 1 N–H and O–H groups in total. The summed E-state index contributed by atoms with van der Waals surface area (Å²) in [4.78, 5) is 0. The Kier molecular flexibility index (Phi) is 2.72. The van der Waals surface area contributed by atoms with Gasteiger partial charge in [0.2, 0.25) is 0 Å². The van der Waals surface area contributed by atoms with Crippen LogP contribution in [0.25, 0.3) is 0 Å². The van der Waals surface area contributed by atoms with Gasteiger partial charge in [0.05, 0.1) is 25.9 Å². The fourth-order valence-electron chi connectivity index (χ4n) is 2.87. The van der Waals surface area contributed by atoms with E-state index in [1.165, 1.54) is 0 Å². The third-order valence-corrected chi connectivity index (χ3v) is 4.06. The van der Waals surface area contributed by atoms with E-state index < -0.39 is 6.10 Å². The first-order valence-corrected chi connectivity index (χ1v) is 6.31. The maximum Gasteiger partial charge on any atom is 0.140 e. The monoisotopic (exact) mass is 250 g/mol. The predicted octanol–water partition coefficient (Wildman–Crippen LogP) is 2.06. The average Bonchev–Trinajstić information content (AvgIpc) is 2.70. The number of fused-ring (bicyclic) bond motifs is 1. The summed E-state index contributed by atoms with van der Waals surface area (Å²) in [6.07, 6.45) is 0.904. The Hall–Kier alpha value is -1.26. The number of aliphatic hydroxyl groups excluding tert-OH is 1. The highest BCUT2D eigenvalue weighted by Gasteiger charge is 2.48. The van der Waals surface area contributed by atoms with Gasteiger partial charge in [-0.15, -0.1) is 0 Å². The highest BCUT2D eigenvalue weighted by atomic mass is 16.6. The van der Waals surface area contributed by atoms with Crippen molar-refractivity contribution in [2.75, 3.05) is 13.7 Å². The molecule has 98 valence electrons. The number of ether oxygens (including phenoxy) is 3. The molecule has 18 heavy (non-hydrogen) atoms. The van der Waals surface area contributed by atoms with E-state index in [2.05, 4.69) is 0 Å². The lowest BCUT2D eigenvalue weighted by atomic mass is 9.84. The van der Waals surface area contributed by atoms with Gasteiger partial charge in [0, 0.05) is 18.4 Å². The van der Waals surface area contributed by atoms with Crippen molar-refractivity contribution in [3.63, 3.8) is 0 Å². The summed E-state index contributed by atoms with van der Waals surface area (Å²) in [5, 5.41) is 10.3. The van der Waals surface area contributed by atoms with E-state index in [0.29, 0.717) is 13.0 Å². The molecular formula is C14H18O4. The van der Waals surface area contributed by atoms with E-state index in [4.69, 9.17) is 14.2 Å². The minimum absolute atomic E-state index is 0.0161. The van der Waals surface area contributed by atoms with Crippen LogP contribution in [0.3, 0.4) is 0 Å². The van der Waals surface area contributed by atoms with Gasteiger partial charge < -0.3 is 19.3 Å². The Balaban J connectivity index is 1.98. The van der Waals surface area contributed by atoms with Crippen LogP contribution in [0, 0.1) is 0 Å². The molecule has 4 nitrogen and oxygen atoms in total. The standard InChI is InChI=1S/C14H18O4/c1-9-14(5-6-17-9)8-12(15)11-7-10(16-2)3-4-13(11)18-14/h3-4,7,9,12,15H,5-6,8H2,1-2H3. The summed E-state index contributed by atoms with van der Waals surface area (Å²) < 4.78 is 16.9. The topological polar surface area (TPSA) is 47.9 Å². The summed E-state index contributed by atoms with van der Waals surface area (Å²) in [5.74, 6) is 1.48. The lowest BCUT2D eigenvalue weighted by Crippen LogP contribution is -2.46. The van der Waals surface area contributed by atoms with Gasteiger partial charge in [-0.1, -0.05) is 0 Å². The molecule has 1 aromatic rings. The molecule has 0 radical (unpaired) electrons. The van der Waals surface area contributed by atoms with Crippen LogP contribution < -0.4 is 9.47 Å². The van der Waals surface area contributed by atoms with Gasteiger partial charge in [-0.2, -0.15) is 0 Å². The van der Waals surface area contributed by atoms with Crippen molar-refractivity contribution < 1.29 is 19.3 Å². The van der Waals surface area contributed by atoms with Crippen LogP contribution >= 0.6 is 0 Å². The number of methoxy groups -OCH3 is 1. The molecule has 2 aliphatic heterocycles. The molecule has 3 atom stereocenters. The molecule has 3 rings (SSSR count). The lowest BCUT2D eigenvalue weighted by molar-refractivity contribution is -0.0566. The van der Waals surface area contributed by atoms with Crippen LogP contribution in [0.5, 0.6) is 11.5 Å². The lowest BCUT2D eigenvalue weighted by Gasteiger charge is -2.40. The van der Waals surface area contributed by atoms with Crippen molar-refractivity contribution in [3.05, 3.63) is 23.8 Å². The van der Waals surface area contributed by atoms with E-state index in [-0.39, 0.29) is 11.7 Å². The van der Waals surface area contributed by atoms with Crippen LogP contribution in [0.1, 0.15) is 31.4 Å². The molecule has 0 saturated carbocycles. The Morgan fingerprint density at radius 3 is 2.94 bits per heavy atom. The predicted molar refractivity (Wildman–Crippen MR) is 66.0 cm³/mol. The summed E-state index contributed by atoms with van der Waals surface area (Å²) >= 11 is 0. The molecule has 1 spiro atoms. The zero-order valence-electron chi connectivity index (χ0n) is 10.7.